The van der Waals surface area contributed by atoms with Crippen molar-refractivity contribution in [3.8, 4) is 45.4 Å². The Bertz CT molecular complexity index is 2510. The Morgan fingerprint density at radius 3 is 2.14 bits per heavy atom. The summed E-state index contributed by atoms with van der Waals surface area (Å²) in [5, 5.41) is 7.31. The predicted octanol–water partition coefficient (Wildman–Crippen LogP) is 11.7. The highest BCUT2D eigenvalue weighted by Crippen LogP contribution is 2.39. The predicted molar refractivity (Wildman–Crippen MR) is 206 cm³/mol. The Labute approximate surface area is 293 Å². The number of benzene rings is 5. The van der Waals surface area contributed by atoms with E-state index in [9.17, 15) is 0 Å². The maximum Gasteiger partial charge on any atom is 0.137 e. The van der Waals surface area contributed by atoms with Crippen LogP contribution < -0.4 is 4.74 Å². The summed E-state index contributed by atoms with van der Waals surface area (Å²) in [6.07, 6.45) is 3.91. The van der Waals surface area contributed by atoms with Gasteiger partial charge in [-0.15, -0.1) is 0 Å². The lowest BCUT2D eigenvalue weighted by Gasteiger charge is -2.20. The number of pyridine rings is 1. The average molecular weight is 653 g/mol. The van der Waals surface area contributed by atoms with Crippen LogP contribution in [-0.4, -0.2) is 19.3 Å². The van der Waals surface area contributed by atoms with Crippen LogP contribution >= 0.6 is 0 Å². The Hall–Kier alpha value is -5.94. The van der Waals surface area contributed by atoms with Crippen molar-refractivity contribution in [1.29, 1.82) is 0 Å². The van der Waals surface area contributed by atoms with Crippen molar-refractivity contribution < 1.29 is 4.74 Å². The quantitative estimate of drug-likeness (QED) is 0.180. The number of ether oxygens (including phenoxy) is 1. The van der Waals surface area contributed by atoms with Crippen LogP contribution in [0.4, 0.5) is 0 Å². The van der Waals surface area contributed by atoms with E-state index in [1.54, 1.807) is 0 Å². The summed E-state index contributed by atoms with van der Waals surface area (Å²) in [5.41, 5.74) is 12.6. The van der Waals surface area contributed by atoms with Crippen LogP contribution in [0.2, 0.25) is 0 Å². The van der Waals surface area contributed by atoms with E-state index < -0.39 is 0 Å². The number of aryl methyl sites for hydroxylation is 3. The second-order valence-corrected chi connectivity index (χ2v) is 14.2. The van der Waals surface area contributed by atoms with Crippen molar-refractivity contribution in [3.63, 3.8) is 0 Å². The summed E-state index contributed by atoms with van der Waals surface area (Å²) in [4.78, 5) is 4.84. The van der Waals surface area contributed by atoms with Crippen molar-refractivity contribution in [2.45, 2.75) is 47.0 Å². The number of aromatic nitrogens is 4. The molecule has 246 valence electrons. The van der Waals surface area contributed by atoms with Crippen LogP contribution in [0.3, 0.4) is 0 Å². The van der Waals surface area contributed by atoms with Crippen molar-refractivity contribution >= 4 is 21.8 Å². The molecule has 0 spiro atoms. The largest absolute Gasteiger partial charge is 0.457 e. The lowest BCUT2D eigenvalue weighted by Crippen LogP contribution is -2.12. The van der Waals surface area contributed by atoms with E-state index in [0.717, 1.165) is 56.2 Å². The summed E-state index contributed by atoms with van der Waals surface area (Å²) in [5.74, 6) is 2.38. The Morgan fingerprint density at radius 1 is 0.640 bits per heavy atom. The third-order valence-electron chi connectivity index (χ3n) is 9.55. The number of para-hydroxylation sites is 1. The van der Waals surface area contributed by atoms with Crippen LogP contribution in [0.25, 0.3) is 55.7 Å². The molecule has 0 aliphatic carbocycles. The molecule has 8 aromatic rings. The molecule has 8 rings (SSSR count). The Kier molecular flexibility index (Phi) is 7.64. The molecule has 0 unspecified atom stereocenters. The number of rotatable bonds is 6. The zero-order valence-corrected chi connectivity index (χ0v) is 29.4. The molecule has 0 N–H and O–H groups in total. The van der Waals surface area contributed by atoms with Crippen molar-refractivity contribution in [2.75, 3.05) is 0 Å². The van der Waals surface area contributed by atoms with E-state index in [1.807, 2.05) is 35.3 Å². The Morgan fingerprint density at radius 2 is 1.36 bits per heavy atom. The molecule has 0 saturated heterocycles. The molecular weight excluding hydrogens is 613 g/mol. The molecule has 0 aliphatic rings. The van der Waals surface area contributed by atoms with Crippen molar-refractivity contribution in [1.82, 2.24) is 19.3 Å². The molecular formula is C45H40N4O. The maximum absolute atomic E-state index is 6.63. The fourth-order valence-electron chi connectivity index (χ4n) is 7.29. The molecule has 3 aromatic heterocycles. The second kappa shape index (κ2) is 12.2. The lowest BCUT2D eigenvalue weighted by molar-refractivity contribution is 0.483. The Balaban J connectivity index is 1.22. The van der Waals surface area contributed by atoms with E-state index in [0.29, 0.717) is 0 Å². The minimum atomic E-state index is 0.00322. The van der Waals surface area contributed by atoms with E-state index >= 15 is 0 Å². The molecule has 0 saturated carbocycles. The van der Waals surface area contributed by atoms with E-state index in [1.165, 1.54) is 33.2 Å². The molecule has 0 aliphatic heterocycles. The third-order valence-corrected chi connectivity index (χ3v) is 9.55. The first-order valence-electron chi connectivity index (χ1n) is 17.2. The number of fused-ring (bicyclic) bond motifs is 3. The molecule has 3 heterocycles. The number of hydrogen-bond acceptors (Lipinski definition) is 3. The van der Waals surface area contributed by atoms with E-state index in [-0.39, 0.29) is 5.41 Å². The zero-order chi connectivity index (χ0) is 34.6. The summed E-state index contributed by atoms with van der Waals surface area (Å²) >= 11 is 0. The van der Waals surface area contributed by atoms with Crippen LogP contribution in [-0.2, 0) is 5.41 Å². The SMILES string of the molecule is Cc1cc(C)c(-c2cnn(-c3cccc(Oc4ccc5c6ccccc6n(-c6cc(C(C)(C)C)ccn6)c5c4)c3)c2-c2ccccc2)c(C)c1. The van der Waals surface area contributed by atoms with Gasteiger partial charge in [0.2, 0.25) is 0 Å². The highest BCUT2D eigenvalue weighted by Gasteiger charge is 2.21. The molecule has 50 heavy (non-hydrogen) atoms. The average Bonchev–Trinajstić information content (AvgIpc) is 3.67. The summed E-state index contributed by atoms with van der Waals surface area (Å²) in [7, 11) is 0. The molecule has 5 aromatic carbocycles. The van der Waals surface area contributed by atoms with E-state index in [4.69, 9.17) is 14.8 Å². The first-order valence-corrected chi connectivity index (χ1v) is 17.2. The van der Waals surface area contributed by atoms with Gasteiger partial charge in [0.05, 0.1) is 28.6 Å². The van der Waals surface area contributed by atoms with Gasteiger partial charge in [0.15, 0.2) is 0 Å². The molecule has 0 bridgehead atoms. The monoisotopic (exact) mass is 652 g/mol. The fraction of sp³-hybridized carbons (Fsp3) is 0.156. The normalized spacial score (nSPS) is 11.8. The molecule has 5 nitrogen and oxygen atoms in total. The van der Waals surface area contributed by atoms with Crippen LogP contribution in [0.5, 0.6) is 11.5 Å². The molecule has 0 amide bonds. The third kappa shape index (κ3) is 5.55. The highest BCUT2D eigenvalue weighted by atomic mass is 16.5. The lowest BCUT2D eigenvalue weighted by atomic mass is 9.88. The van der Waals surface area contributed by atoms with Crippen LogP contribution in [0.1, 0.15) is 43.0 Å². The van der Waals surface area contributed by atoms with Gasteiger partial charge in [-0.25, -0.2) is 9.67 Å². The molecule has 0 atom stereocenters. The van der Waals surface area contributed by atoms with Crippen molar-refractivity contribution in [2.24, 2.45) is 0 Å². The number of hydrogen-bond donors (Lipinski definition) is 0. The minimum Gasteiger partial charge on any atom is -0.457 e. The van der Waals surface area contributed by atoms with Gasteiger partial charge in [-0.3, -0.25) is 4.57 Å². The summed E-state index contributed by atoms with van der Waals surface area (Å²) in [6.45, 7) is 13.2. The van der Waals surface area contributed by atoms with Crippen molar-refractivity contribution in [3.05, 3.63) is 156 Å². The van der Waals surface area contributed by atoms with Gasteiger partial charge in [0, 0.05) is 40.2 Å². The standard InChI is InChI=1S/C45H40N4O/c1-29-23-30(2)43(31(3)24-29)39-28-47-49(44(39)32-13-8-7-9-14-32)34-15-12-16-35(26-34)50-36-19-20-38-37-17-10-11-18-40(37)48(41(38)27-36)42-25-33(21-22-46-42)45(4,5)6/h7-28H,1-6H3. The zero-order valence-electron chi connectivity index (χ0n) is 29.4. The van der Waals surface area contributed by atoms with Gasteiger partial charge >= 0.3 is 0 Å². The fourth-order valence-corrected chi connectivity index (χ4v) is 7.29. The molecule has 5 heteroatoms. The van der Waals surface area contributed by atoms with Crippen LogP contribution in [0.15, 0.2) is 134 Å². The van der Waals surface area contributed by atoms with E-state index in [2.05, 4.69) is 149 Å². The molecule has 0 radical (unpaired) electrons. The maximum atomic E-state index is 6.63. The smallest absolute Gasteiger partial charge is 0.137 e. The first kappa shape index (κ1) is 31.3. The number of nitrogens with zero attached hydrogens (tertiary/aromatic N) is 4. The van der Waals surface area contributed by atoms with Crippen LogP contribution in [0, 0.1) is 20.8 Å². The second-order valence-electron chi connectivity index (χ2n) is 14.2. The topological polar surface area (TPSA) is 44.9 Å². The molecule has 0 fully saturated rings. The highest BCUT2D eigenvalue weighted by molar-refractivity contribution is 6.09. The first-order chi connectivity index (χ1) is 24.2. The summed E-state index contributed by atoms with van der Waals surface area (Å²) in [6, 6.07) is 42.3. The van der Waals surface area contributed by atoms with Gasteiger partial charge in [-0.2, -0.15) is 5.10 Å². The van der Waals surface area contributed by atoms with Gasteiger partial charge in [-0.1, -0.05) is 93.1 Å². The van der Waals surface area contributed by atoms with Gasteiger partial charge in [-0.05, 0) is 90.9 Å². The van der Waals surface area contributed by atoms with Gasteiger partial charge < -0.3 is 4.74 Å². The van der Waals surface area contributed by atoms with Gasteiger partial charge in [0.1, 0.15) is 17.3 Å². The van der Waals surface area contributed by atoms with Gasteiger partial charge in [0.25, 0.3) is 0 Å². The summed E-state index contributed by atoms with van der Waals surface area (Å²) < 4.78 is 10.9. The minimum absolute atomic E-state index is 0.00322.